The Morgan fingerprint density at radius 3 is 2.31 bits per heavy atom. The first-order chi connectivity index (χ1) is 25.0. The van der Waals surface area contributed by atoms with E-state index in [1.807, 2.05) is 31.2 Å². The largest absolute Gasteiger partial charge is 0.481 e. The van der Waals surface area contributed by atoms with Crippen LogP contribution in [0.2, 0.25) is 5.02 Å². The maximum Gasteiger partial charge on any atom is 0.309 e. The van der Waals surface area contributed by atoms with E-state index in [9.17, 15) is 24.3 Å². The first-order valence-electron chi connectivity index (χ1n) is 20.5. The second kappa shape index (κ2) is 13.9. The van der Waals surface area contributed by atoms with Crippen molar-refractivity contribution in [1.29, 1.82) is 0 Å². The number of amides is 1. The smallest absolute Gasteiger partial charge is 0.309 e. The summed E-state index contributed by atoms with van der Waals surface area (Å²) in [6.45, 7) is 21.5. The van der Waals surface area contributed by atoms with Gasteiger partial charge in [-0.15, -0.1) is 0 Å². The summed E-state index contributed by atoms with van der Waals surface area (Å²) in [6, 6.07) is 7.35. The van der Waals surface area contributed by atoms with Crippen LogP contribution in [-0.4, -0.2) is 34.8 Å². The van der Waals surface area contributed by atoms with E-state index in [0.29, 0.717) is 23.3 Å². The number of Topliss-reactive ketones (excluding diaryl/α,β-unsaturated/α-hetero) is 1. The lowest BCUT2D eigenvalue weighted by atomic mass is 9.33. The van der Waals surface area contributed by atoms with Crippen LogP contribution >= 0.6 is 11.6 Å². The van der Waals surface area contributed by atoms with Crippen molar-refractivity contribution in [1.82, 2.24) is 5.32 Å². The van der Waals surface area contributed by atoms with Crippen LogP contribution in [0.3, 0.4) is 0 Å². The second-order valence-electron chi connectivity index (χ2n) is 20.2. The number of esters is 1. The summed E-state index contributed by atoms with van der Waals surface area (Å²) in [7, 11) is 0. The predicted octanol–water partition coefficient (Wildman–Crippen LogP) is 10.5. The van der Waals surface area contributed by atoms with Crippen molar-refractivity contribution < 1.29 is 29.0 Å². The van der Waals surface area contributed by atoms with Gasteiger partial charge in [-0.1, -0.05) is 78.3 Å². The van der Waals surface area contributed by atoms with Gasteiger partial charge < -0.3 is 15.2 Å². The van der Waals surface area contributed by atoms with E-state index in [1.165, 1.54) is 5.57 Å². The standard InChI is InChI=1S/C46H64ClNO6/c1-27(2)38-32(49)25-46(21-18-36(50)48-28(3)29-12-11-13-30(47)24-29)23-22-44(9)31(39(38)46)14-15-34-43(8)19-17-35(54-37(51)26-41(4,5)40(52)53)42(6,7)33(43)16-20-45(34,44)10/h11-13,18,21,24,27-28,31,33-35H,14-17,19-20,22-23,25-26H2,1-10H3,(H,48,50)(H,52,53)/b21-18+/t28-,31-,33+,34-,35+,43+,44-,45-,46+/m1/s1. The summed E-state index contributed by atoms with van der Waals surface area (Å²) < 4.78 is 6.16. The summed E-state index contributed by atoms with van der Waals surface area (Å²) in [5.41, 5.74) is 1.48. The molecule has 0 aliphatic heterocycles. The van der Waals surface area contributed by atoms with Gasteiger partial charge in [0.2, 0.25) is 5.91 Å². The number of ketones is 1. The maximum absolute atomic E-state index is 14.0. The highest BCUT2D eigenvalue weighted by Crippen LogP contribution is 2.77. The Bertz CT molecular complexity index is 1770. The number of carboxylic acids is 1. The lowest BCUT2D eigenvalue weighted by molar-refractivity contribution is -0.232. The van der Waals surface area contributed by atoms with Crippen LogP contribution in [0.1, 0.15) is 145 Å². The molecule has 8 heteroatoms. The van der Waals surface area contributed by atoms with Crippen LogP contribution in [0.25, 0.3) is 0 Å². The fraction of sp³-hybridized carbons (Fsp3) is 0.696. The Morgan fingerprint density at radius 1 is 0.963 bits per heavy atom. The quantitative estimate of drug-likeness (QED) is 0.192. The molecular formula is C46H64ClNO6. The number of hydrogen-bond acceptors (Lipinski definition) is 5. The second-order valence-corrected chi connectivity index (χ2v) is 20.6. The van der Waals surface area contributed by atoms with Crippen molar-refractivity contribution >= 4 is 35.2 Å². The van der Waals surface area contributed by atoms with Crippen molar-refractivity contribution in [3.8, 4) is 0 Å². The van der Waals surface area contributed by atoms with Gasteiger partial charge in [0, 0.05) is 22.3 Å². The highest BCUT2D eigenvalue weighted by Gasteiger charge is 2.70. The van der Waals surface area contributed by atoms with E-state index in [2.05, 4.69) is 59.9 Å². The molecule has 1 aromatic rings. The van der Waals surface area contributed by atoms with Gasteiger partial charge in [0.15, 0.2) is 5.78 Å². The summed E-state index contributed by atoms with van der Waals surface area (Å²) in [6.07, 6.45) is 11.6. The number of benzene rings is 1. The minimum Gasteiger partial charge on any atom is -0.481 e. The Labute approximate surface area is 328 Å². The molecule has 7 nitrogen and oxygen atoms in total. The zero-order valence-corrected chi connectivity index (χ0v) is 35.1. The molecule has 9 atom stereocenters. The number of carboxylic acid groups (broad SMARTS) is 1. The van der Waals surface area contributed by atoms with E-state index in [1.54, 1.807) is 19.9 Å². The van der Waals surface area contributed by atoms with E-state index < -0.39 is 22.8 Å². The summed E-state index contributed by atoms with van der Waals surface area (Å²) in [5, 5.41) is 13.4. The highest BCUT2D eigenvalue weighted by molar-refractivity contribution is 6.30. The Balaban J connectivity index is 1.26. The Hall–Kier alpha value is -2.93. The zero-order chi connectivity index (χ0) is 39.8. The van der Waals surface area contributed by atoms with Gasteiger partial charge >= 0.3 is 11.9 Å². The lowest BCUT2D eigenvalue weighted by Crippen LogP contribution is -2.65. The van der Waals surface area contributed by atoms with Crippen LogP contribution in [0, 0.1) is 56.2 Å². The molecule has 296 valence electrons. The molecule has 0 aromatic heterocycles. The van der Waals surface area contributed by atoms with Gasteiger partial charge in [0.1, 0.15) is 6.10 Å². The number of aliphatic carboxylic acids is 1. The van der Waals surface area contributed by atoms with Gasteiger partial charge in [0.25, 0.3) is 0 Å². The molecule has 1 aromatic carbocycles. The van der Waals surface area contributed by atoms with E-state index in [-0.39, 0.29) is 63.8 Å². The van der Waals surface area contributed by atoms with E-state index >= 15 is 0 Å². The van der Waals surface area contributed by atoms with Gasteiger partial charge in [-0.3, -0.25) is 19.2 Å². The summed E-state index contributed by atoms with van der Waals surface area (Å²) >= 11 is 6.23. The molecule has 54 heavy (non-hydrogen) atoms. The number of carbonyl (C=O) groups excluding carboxylic acids is 3. The molecule has 6 rings (SSSR count). The molecule has 5 aliphatic rings. The van der Waals surface area contributed by atoms with Crippen LogP contribution in [0.5, 0.6) is 0 Å². The first-order valence-corrected chi connectivity index (χ1v) is 20.9. The number of rotatable bonds is 9. The number of halogens is 1. The molecule has 0 bridgehead atoms. The third-order valence-corrected chi connectivity index (χ3v) is 16.4. The SMILES string of the molecule is CC(C)C1=C2[C@H]3CC[C@@H]4[C@@]5(C)CC[C@H](OC(=O)CC(C)(C)C(=O)O)C(C)(C)[C@@H]5CC[C@@]4(C)[C@]3(C)CC[C@@]2(/C=C/C(=O)N[C@H](C)c2cccc(Cl)c2)CC1=O. The van der Waals surface area contributed by atoms with Crippen molar-refractivity contribution in [3.05, 3.63) is 58.1 Å². The molecule has 2 N–H and O–H groups in total. The molecule has 5 aliphatic carbocycles. The number of allylic oxidation sites excluding steroid dienone is 3. The fourth-order valence-corrected chi connectivity index (χ4v) is 13.2. The monoisotopic (exact) mass is 761 g/mol. The Kier molecular flexibility index (Phi) is 10.5. The summed E-state index contributed by atoms with van der Waals surface area (Å²) in [4.78, 5) is 52.3. The number of nitrogens with one attached hydrogen (secondary N) is 1. The van der Waals surface area contributed by atoms with Crippen molar-refractivity contribution in [3.63, 3.8) is 0 Å². The van der Waals surface area contributed by atoms with Crippen molar-refractivity contribution in [2.75, 3.05) is 0 Å². The van der Waals surface area contributed by atoms with Gasteiger partial charge in [-0.2, -0.15) is 0 Å². The highest BCUT2D eigenvalue weighted by atomic mass is 35.5. The van der Waals surface area contributed by atoms with Crippen molar-refractivity contribution in [2.24, 2.45) is 56.2 Å². The number of ether oxygens (including phenoxy) is 1. The third kappa shape index (κ3) is 6.50. The van der Waals surface area contributed by atoms with Gasteiger partial charge in [-0.25, -0.2) is 0 Å². The maximum atomic E-state index is 14.0. The normalized spacial score (nSPS) is 36.6. The van der Waals surface area contributed by atoms with Crippen molar-refractivity contribution in [2.45, 2.75) is 146 Å². The lowest BCUT2D eigenvalue weighted by Gasteiger charge is -2.72. The average molecular weight is 762 g/mol. The minimum atomic E-state index is -1.17. The van der Waals surface area contributed by atoms with Crippen LogP contribution in [0.4, 0.5) is 0 Å². The van der Waals surface area contributed by atoms with E-state index in [4.69, 9.17) is 16.3 Å². The van der Waals surface area contributed by atoms with Gasteiger partial charge in [0.05, 0.1) is 17.9 Å². The Morgan fingerprint density at radius 2 is 1.67 bits per heavy atom. The minimum absolute atomic E-state index is 0.0133. The molecule has 4 saturated carbocycles. The van der Waals surface area contributed by atoms with E-state index in [0.717, 1.165) is 62.5 Å². The average Bonchev–Trinajstić information content (AvgIpc) is 3.37. The predicted molar refractivity (Wildman–Crippen MR) is 212 cm³/mol. The summed E-state index contributed by atoms with van der Waals surface area (Å²) in [5.74, 6) is -0.126. The van der Waals surface area contributed by atoms with Crippen LogP contribution < -0.4 is 5.32 Å². The molecule has 0 spiro atoms. The molecular weight excluding hydrogens is 698 g/mol. The fourth-order valence-electron chi connectivity index (χ4n) is 13.0. The molecule has 1 amide bonds. The molecule has 0 unspecified atom stereocenters. The van der Waals surface area contributed by atoms with Crippen LogP contribution in [-0.2, 0) is 23.9 Å². The first kappa shape index (κ1) is 40.7. The molecule has 0 radical (unpaired) electrons. The number of fused-ring (bicyclic) bond motifs is 7. The zero-order valence-electron chi connectivity index (χ0n) is 34.4. The van der Waals surface area contributed by atoms with Crippen LogP contribution in [0.15, 0.2) is 47.6 Å². The molecule has 4 fully saturated rings. The number of carbonyl (C=O) groups is 4. The van der Waals surface area contributed by atoms with Gasteiger partial charge in [-0.05, 0) is 147 Å². The molecule has 0 heterocycles. The molecule has 0 saturated heterocycles. The topological polar surface area (TPSA) is 110 Å². The third-order valence-electron chi connectivity index (χ3n) is 16.1. The number of hydrogen-bond donors (Lipinski definition) is 2.